The molecule has 2 aromatic rings. The number of carbonyl (C=O) groups excluding carboxylic acids is 2. The van der Waals surface area contributed by atoms with Crippen molar-refractivity contribution in [3.8, 4) is 0 Å². The summed E-state index contributed by atoms with van der Waals surface area (Å²) < 4.78 is 13.8. The maximum atomic E-state index is 13.5. The van der Waals surface area contributed by atoms with Gasteiger partial charge in [-0.05, 0) is 52.3 Å². The molecule has 0 aliphatic rings. The number of nitrogens with zero attached hydrogens (tertiary/aromatic N) is 1. The van der Waals surface area contributed by atoms with Gasteiger partial charge in [-0.1, -0.05) is 6.07 Å². The van der Waals surface area contributed by atoms with Crippen molar-refractivity contribution in [3.05, 3.63) is 63.9 Å². The number of hydrogen-bond acceptors (Lipinski definition) is 2. The number of rotatable bonds is 3. The Balaban J connectivity index is 2.19. The topological polar surface area (TPSA) is 49.4 Å². The summed E-state index contributed by atoms with van der Waals surface area (Å²) in [6, 6.07) is 10.7. The highest BCUT2D eigenvalue weighted by molar-refractivity contribution is 9.10. The smallest absolute Gasteiger partial charge is 0.255 e. The Morgan fingerprint density at radius 3 is 2.45 bits per heavy atom. The number of hydrogen-bond donors (Lipinski definition) is 1. The molecular formula is C16H14BrFN2O2. The van der Waals surface area contributed by atoms with Crippen LogP contribution in [0.25, 0.3) is 0 Å². The van der Waals surface area contributed by atoms with E-state index in [1.165, 1.54) is 17.0 Å². The third-order valence-corrected chi connectivity index (χ3v) is 3.60. The van der Waals surface area contributed by atoms with Crippen molar-refractivity contribution in [1.82, 2.24) is 4.90 Å². The highest BCUT2D eigenvalue weighted by Gasteiger charge is 2.11. The van der Waals surface area contributed by atoms with Crippen LogP contribution in [0.4, 0.5) is 10.1 Å². The van der Waals surface area contributed by atoms with Crippen molar-refractivity contribution in [1.29, 1.82) is 0 Å². The molecule has 0 heterocycles. The molecule has 0 aromatic heterocycles. The highest BCUT2D eigenvalue weighted by atomic mass is 79.9. The van der Waals surface area contributed by atoms with Crippen LogP contribution in [0.5, 0.6) is 0 Å². The molecule has 0 radical (unpaired) electrons. The van der Waals surface area contributed by atoms with E-state index in [9.17, 15) is 14.0 Å². The molecule has 0 fully saturated rings. The fourth-order valence-electron chi connectivity index (χ4n) is 1.83. The molecular weight excluding hydrogens is 351 g/mol. The van der Waals surface area contributed by atoms with E-state index in [4.69, 9.17) is 0 Å². The number of halogens is 2. The Labute approximate surface area is 136 Å². The molecule has 2 aromatic carbocycles. The van der Waals surface area contributed by atoms with Gasteiger partial charge in [0.2, 0.25) is 0 Å². The Bertz CT molecular complexity index is 732. The molecule has 0 saturated carbocycles. The molecule has 0 unspecified atom stereocenters. The minimum Gasteiger partial charge on any atom is -0.345 e. The average Bonchev–Trinajstić information content (AvgIpc) is 2.49. The van der Waals surface area contributed by atoms with Crippen molar-refractivity contribution >= 4 is 33.4 Å². The van der Waals surface area contributed by atoms with E-state index >= 15 is 0 Å². The van der Waals surface area contributed by atoms with Gasteiger partial charge in [0.15, 0.2) is 0 Å². The number of benzene rings is 2. The monoisotopic (exact) mass is 364 g/mol. The van der Waals surface area contributed by atoms with Crippen LogP contribution in [0, 0.1) is 5.82 Å². The number of anilines is 1. The molecule has 4 nitrogen and oxygen atoms in total. The third kappa shape index (κ3) is 3.71. The zero-order chi connectivity index (χ0) is 16.3. The first-order chi connectivity index (χ1) is 10.4. The molecule has 1 N–H and O–H groups in total. The zero-order valence-corrected chi connectivity index (χ0v) is 13.6. The lowest BCUT2D eigenvalue weighted by Gasteiger charge is -2.12. The second kappa shape index (κ2) is 6.70. The van der Waals surface area contributed by atoms with E-state index in [1.54, 1.807) is 38.4 Å². The molecule has 2 amide bonds. The summed E-state index contributed by atoms with van der Waals surface area (Å²) in [4.78, 5) is 25.4. The Morgan fingerprint density at radius 1 is 1.09 bits per heavy atom. The van der Waals surface area contributed by atoms with Gasteiger partial charge in [0.1, 0.15) is 5.82 Å². The van der Waals surface area contributed by atoms with Gasteiger partial charge in [0.05, 0.1) is 4.47 Å². The van der Waals surface area contributed by atoms with Gasteiger partial charge >= 0.3 is 0 Å². The first-order valence-corrected chi connectivity index (χ1v) is 7.26. The van der Waals surface area contributed by atoms with Crippen LogP contribution in [0.1, 0.15) is 20.7 Å². The summed E-state index contributed by atoms with van der Waals surface area (Å²) in [6.07, 6.45) is 0. The van der Waals surface area contributed by atoms with Crippen molar-refractivity contribution in [2.45, 2.75) is 0 Å². The highest BCUT2D eigenvalue weighted by Crippen LogP contribution is 2.18. The zero-order valence-electron chi connectivity index (χ0n) is 12.1. The number of nitrogens with one attached hydrogen (secondary N) is 1. The molecule has 114 valence electrons. The van der Waals surface area contributed by atoms with Gasteiger partial charge in [-0.2, -0.15) is 0 Å². The summed E-state index contributed by atoms with van der Waals surface area (Å²) in [5.74, 6) is -1.11. The van der Waals surface area contributed by atoms with Crippen molar-refractivity contribution in [3.63, 3.8) is 0 Å². The van der Waals surface area contributed by atoms with Crippen LogP contribution < -0.4 is 5.32 Å². The largest absolute Gasteiger partial charge is 0.345 e. The second-order valence-electron chi connectivity index (χ2n) is 4.86. The fraction of sp³-hybridized carbons (Fsp3) is 0.125. The Morgan fingerprint density at radius 2 is 1.82 bits per heavy atom. The van der Waals surface area contributed by atoms with E-state index in [-0.39, 0.29) is 11.5 Å². The fourth-order valence-corrected chi connectivity index (χ4v) is 2.08. The summed E-state index contributed by atoms with van der Waals surface area (Å²) >= 11 is 3.04. The van der Waals surface area contributed by atoms with Gasteiger partial charge in [-0.3, -0.25) is 9.59 Å². The van der Waals surface area contributed by atoms with Crippen LogP contribution in [-0.2, 0) is 0 Å². The minimum atomic E-state index is -0.510. The second-order valence-corrected chi connectivity index (χ2v) is 5.72. The first-order valence-electron chi connectivity index (χ1n) is 6.46. The van der Waals surface area contributed by atoms with E-state index in [1.807, 2.05) is 0 Å². The average molecular weight is 365 g/mol. The van der Waals surface area contributed by atoms with E-state index in [0.29, 0.717) is 15.7 Å². The summed E-state index contributed by atoms with van der Waals surface area (Å²) in [7, 11) is 3.30. The van der Waals surface area contributed by atoms with Crippen LogP contribution in [0.15, 0.2) is 46.9 Å². The standard InChI is InChI=1S/C16H14BrFN2O2/c1-20(2)16(22)11-4-3-5-12(8-11)19-15(21)10-6-7-13(17)14(18)9-10/h3-9H,1-2H3,(H,19,21). The van der Waals surface area contributed by atoms with Crippen molar-refractivity contribution in [2.75, 3.05) is 19.4 Å². The quantitative estimate of drug-likeness (QED) is 0.905. The van der Waals surface area contributed by atoms with Gasteiger partial charge in [-0.25, -0.2) is 4.39 Å². The van der Waals surface area contributed by atoms with Gasteiger partial charge in [-0.15, -0.1) is 0 Å². The summed E-state index contributed by atoms with van der Waals surface area (Å²) in [6.45, 7) is 0. The predicted octanol–water partition coefficient (Wildman–Crippen LogP) is 3.54. The lowest BCUT2D eigenvalue weighted by Crippen LogP contribution is -2.22. The maximum Gasteiger partial charge on any atom is 0.255 e. The van der Waals surface area contributed by atoms with E-state index in [0.717, 1.165) is 6.07 Å². The third-order valence-electron chi connectivity index (χ3n) is 2.96. The van der Waals surface area contributed by atoms with Crippen LogP contribution >= 0.6 is 15.9 Å². The molecule has 22 heavy (non-hydrogen) atoms. The predicted molar refractivity (Wildman–Crippen MR) is 86.5 cm³/mol. The SMILES string of the molecule is CN(C)C(=O)c1cccc(NC(=O)c2ccc(Br)c(F)c2)c1. The summed E-state index contributed by atoms with van der Waals surface area (Å²) in [5.41, 5.74) is 1.14. The molecule has 2 rings (SSSR count). The van der Waals surface area contributed by atoms with Crippen LogP contribution in [0.3, 0.4) is 0 Å². The molecule has 6 heteroatoms. The molecule has 0 spiro atoms. The van der Waals surface area contributed by atoms with E-state index in [2.05, 4.69) is 21.2 Å². The molecule has 0 aliphatic carbocycles. The van der Waals surface area contributed by atoms with Gasteiger partial charge in [0, 0.05) is 30.9 Å². The lowest BCUT2D eigenvalue weighted by atomic mass is 10.1. The van der Waals surface area contributed by atoms with Crippen LogP contribution in [-0.4, -0.2) is 30.8 Å². The molecule has 0 bridgehead atoms. The number of amides is 2. The lowest BCUT2D eigenvalue weighted by molar-refractivity contribution is 0.0827. The Hall–Kier alpha value is -2.21. The van der Waals surface area contributed by atoms with Gasteiger partial charge < -0.3 is 10.2 Å². The molecule has 0 atom stereocenters. The van der Waals surface area contributed by atoms with Crippen LogP contribution in [0.2, 0.25) is 0 Å². The van der Waals surface area contributed by atoms with Gasteiger partial charge in [0.25, 0.3) is 11.8 Å². The van der Waals surface area contributed by atoms with Crippen molar-refractivity contribution < 1.29 is 14.0 Å². The first kappa shape index (κ1) is 16.2. The normalized spacial score (nSPS) is 10.2. The minimum absolute atomic E-state index is 0.161. The molecule has 0 saturated heterocycles. The summed E-state index contributed by atoms with van der Waals surface area (Å²) in [5, 5.41) is 2.65. The van der Waals surface area contributed by atoms with E-state index < -0.39 is 11.7 Å². The van der Waals surface area contributed by atoms with Crippen molar-refractivity contribution in [2.24, 2.45) is 0 Å². The molecule has 0 aliphatic heterocycles. The maximum absolute atomic E-state index is 13.5. The number of carbonyl (C=O) groups is 2. The Kier molecular flexibility index (Phi) is 4.92.